The molecule has 0 aliphatic heterocycles. The zero-order chi connectivity index (χ0) is 8.58. The van der Waals surface area contributed by atoms with Crippen molar-refractivity contribution in [3.8, 4) is 0 Å². The zero-order valence-corrected chi connectivity index (χ0v) is 7.73. The van der Waals surface area contributed by atoms with Gasteiger partial charge in [-0.3, -0.25) is 4.78 Å². The third-order valence-electron chi connectivity index (χ3n) is 0.463. The van der Waals surface area contributed by atoms with Crippen LogP contribution in [0.3, 0.4) is 0 Å². The molecule has 0 saturated carbocycles. The summed E-state index contributed by atoms with van der Waals surface area (Å²) in [6.45, 7) is 0. The van der Waals surface area contributed by atoms with E-state index < -0.39 is 21.7 Å². The van der Waals surface area contributed by atoms with Crippen molar-refractivity contribution in [2.45, 2.75) is 11.0 Å². The quantitative estimate of drug-likeness (QED) is 0.525. The molecule has 0 bridgehead atoms. The molecule has 70 valence electrons. The summed E-state index contributed by atoms with van der Waals surface area (Å²) in [5.74, 6) is 0. The Bertz CT molecular complexity index is 132. The number of alkyl halides is 6. The topological polar surface area (TPSA) is 23.9 Å². The molecular weight excluding hydrogens is 311 g/mol. The first-order valence-electron chi connectivity index (χ1n) is 1.75. The van der Waals surface area contributed by atoms with Crippen LogP contribution in [0.5, 0.6) is 0 Å². The Kier molecular flexibility index (Phi) is 4.99. The number of hydrogen-bond acceptors (Lipinski definition) is 1. The molecule has 0 rings (SSSR count). The molecule has 11 heavy (non-hydrogen) atoms. The standard InChI is InChI=1S/C2HF6NS.HI/c3-1(4,5)10(9)2(6,7)8;/h9H;1H. The summed E-state index contributed by atoms with van der Waals surface area (Å²) in [5, 5.41) is 0. The van der Waals surface area contributed by atoms with E-state index in [2.05, 4.69) is 0 Å². The van der Waals surface area contributed by atoms with Gasteiger partial charge < -0.3 is 0 Å². The summed E-state index contributed by atoms with van der Waals surface area (Å²) in [5.41, 5.74) is -11.0. The van der Waals surface area contributed by atoms with E-state index in [1.807, 2.05) is 0 Å². The molecule has 0 aromatic carbocycles. The molecular formula is C2H2F6INS. The van der Waals surface area contributed by atoms with Gasteiger partial charge in [0.05, 0.1) is 0 Å². The molecule has 1 nitrogen and oxygen atoms in total. The van der Waals surface area contributed by atoms with Crippen molar-refractivity contribution in [2.24, 2.45) is 0 Å². The molecule has 0 aliphatic rings. The first-order chi connectivity index (χ1) is 4.15. The lowest BCUT2D eigenvalue weighted by Gasteiger charge is -2.11. The van der Waals surface area contributed by atoms with Crippen molar-refractivity contribution >= 4 is 34.7 Å². The molecule has 0 aliphatic carbocycles. The van der Waals surface area contributed by atoms with E-state index in [4.69, 9.17) is 4.78 Å². The average Bonchev–Trinajstić information content (AvgIpc) is 1.59. The summed E-state index contributed by atoms with van der Waals surface area (Å²) in [6.07, 6.45) is 0. The van der Waals surface area contributed by atoms with Gasteiger partial charge in [0.25, 0.3) is 0 Å². The van der Waals surface area contributed by atoms with Gasteiger partial charge >= 0.3 is 11.0 Å². The van der Waals surface area contributed by atoms with Crippen molar-refractivity contribution < 1.29 is 26.3 Å². The number of halogens is 7. The molecule has 0 aromatic heterocycles. The first kappa shape index (κ1) is 14.0. The van der Waals surface area contributed by atoms with Crippen LogP contribution in [-0.4, -0.2) is 11.0 Å². The second-order valence-corrected chi connectivity index (χ2v) is 2.74. The highest BCUT2D eigenvalue weighted by Gasteiger charge is 2.50. The highest BCUT2D eigenvalue weighted by molar-refractivity contribution is 14.0. The van der Waals surface area contributed by atoms with E-state index in [0.29, 0.717) is 0 Å². The molecule has 0 atom stereocenters. The van der Waals surface area contributed by atoms with Gasteiger partial charge in [0.15, 0.2) is 0 Å². The lowest BCUT2D eigenvalue weighted by Crippen LogP contribution is -2.28. The Labute approximate surface area is 77.1 Å². The predicted octanol–water partition coefficient (Wildman–Crippen LogP) is 3.02. The highest BCUT2D eigenvalue weighted by atomic mass is 127. The van der Waals surface area contributed by atoms with E-state index in [-0.39, 0.29) is 24.0 Å². The lowest BCUT2D eigenvalue weighted by atomic mass is 11.5. The van der Waals surface area contributed by atoms with Gasteiger partial charge in [-0.25, -0.2) is 0 Å². The first-order valence-corrected chi connectivity index (χ1v) is 2.97. The third-order valence-corrected chi connectivity index (χ3v) is 1.39. The molecule has 0 spiro atoms. The number of rotatable bonds is 0. The molecule has 0 heterocycles. The molecule has 0 aromatic rings. The minimum Gasteiger partial charge on any atom is -0.265 e. The average molecular weight is 313 g/mol. The molecule has 1 N–H and O–H groups in total. The van der Waals surface area contributed by atoms with Gasteiger partial charge in [0.1, 0.15) is 10.7 Å². The van der Waals surface area contributed by atoms with E-state index >= 15 is 0 Å². The second kappa shape index (κ2) is 3.92. The fraction of sp³-hybridized carbons (Fsp3) is 1.00. The maximum atomic E-state index is 11.0. The SMILES string of the molecule is I.N=S(C(F)(F)F)C(F)(F)F. The van der Waals surface area contributed by atoms with E-state index in [1.165, 1.54) is 0 Å². The minimum absolute atomic E-state index is 0. The Morgan fingerprint density at radius 2 is 1.00 bits per heavy atom. The summed E-state index contributed by atoms with van der Waals surface area (Å²) >= 11 is 0. The Hall–Kier alpha value is 0.460. The predicted molar refractivity (Wildman–Crippen MR) is 37.6 cm³/mol. The molecule has 0 fully saturated rings. The monoisotopic (exact) mass is 313 g/mol. The zero-order valence-electron chi connectivity index (χ0n) is 4.58. The number of nitrogens with one attached hydrogen (secondary N) is 1. The second-order valence-electron chi connectivity index (χ2n) is 1.20. The smallest absolute Gasteiger partial charge is 0.265 e. The van der Waals surface area contributed by atoms with Crippen molar-refractivity contribution in [3.05, 3.63) is 0 Å². The van der Waals surface area contributed by atoms with Crippen molar-refractivity contribution in [1.29, 1.82) is 4.78 Å². The molecule has 0 amide bonds. The van der Waals surface area contributed by atoms with Crippen LogP contribution in [0.1, 0.15) is 0 Å². The van der Waals surface area contributed by atoms with Gasteiger partial charge in [-0.1, -0.05) is 0 Å². The Morgan fingerprint density at radius 3 is 1.00 bits per heavy atom. The largest absolute Gasteiger partial charge is 0.460 e. The van der Waals surface area contributed by atoms with Crippen molar-refractivity contribution in [1.82, 2.24) is 0 Å². The normalized spacial score (nSPS) is 13.0. The summed E-state index contributed by atoms with van der Waals surface area (Å²) in [6, 6.07) is 0. The fourth-order valence-corrected chi connectivity index (χ4v) is 0.394. The lowest BCUT2D eigenvalue weighted by molar-refractivity contribution is -0.0754. The molecule has 0 unspecified atom stereocenters. The van der Waals surface area contributed by atoms with Crippen LogP contribution in [0.25, 0.3) is 0 Å². The third kappa shape index (κ3) is 4.82. The van der Waals surface area contributed by atoms with Crippen LogP contribution in [0.4, 0.5) is 26.3 Å². The number of hydrogen-bond donors (Lipinski definition) is 1. The van der Waals surface area contributed by atoms with Crippen LogP contribution in [0.15, 0.2) is 0 Å². The van der Waals surface area contributed by atoms with E-state index in [1.54, 1.807) is 0 Å². The maximum absolute atomic E-state index is 11.0. The van der Waals surface area contributed by atoms with E-state index in [0.717, 1.165) is 0 Å². The fourth-order valence-electron chi connectivity index (χ4n) is 0.131. The summed E-state index contributed by atoms with van der Waals surface area (Å²) in [7, 11) is -4.25. The van der Waals surface area contributed by atoms with Crippen LogP contribution < -0.4 is 0 Å². The van der Waals surface area contributed by atoms with Gasteiger partial charge in [-0.15, -0.1) is 24.0 Å². The van der Waals surface area contributed by atoms with Gasteiger partial charge in [0.2, 0.25) is 0 Å². The van der Waals surface area contributed by atoms with Crippen molar-refractivity contribution in [3.63, 3.8) is 0 Å². The Balaban J connectivity index is 0. The van der Waals surface area contributed by atoms with Gasteiger partial charge in [-0.2, -0.15) is 26.3 Å². The molecule has 9 heteroatoms. The summed E-state index contributed by atoms with van der Waals surface area (Å²) in [4.78, 5) is 0. The molecule has 0 radical (unpaired) electrons. The van der Waals surface area contributed by atoms with E-state index in [9.17, 15) is 26.3 Å². The van der Waals surface area contributed by atoms with Crippen LogP contribution in [-0.2, 0) is 10.7 Å². The van der Waals surface area contributed by atoms with Crippen LogP contribution in [0.2, 0.25) is 0 Å². The van der Waals surface area contributed by atoms with Gasteiger partial charge in [0, 0.05) is 0 Å². The maximum Gasteiger partial charge on any atom is 0.460 e. The minimum atomic E-state index is -5.49. The van der Waals surface area contributed by atoms with Gasteiger partial charge in [-0.05, 0) is 0 Å². The van der Waals surface area contributed by atoms with Crippen LogP contribution >= 0.6 is 24.0 Å². The van der Waals surface area contributed by atoms with Crippen molar-refractivity contribution in [2.75, 3.05) is 0 Å². The Morgan fingerprint density at radius 1 is 0.818 bits per heavy atom. The molecule has 0 saturated heterocycles. The van der Waals surface area contributed by atoms with Crippen LogP contribution in [0, 0.1) is 4.78 Å². The highest BCUT2D eigenvalue weighted by Crippen LogP contribution is 2.33. The summed E-state index contributed by atoms with van der Waals surface area (Å²) < 4.78 is 72.0.